The maximum atomic E-state index is 9.12. The van der Waals surface area contributed by atoms with Gasteiger partial charge in [0.25, 0.3) is 0 Å². The van der Waals surface area contributed by atoms with Gasteiger partial charge in [-0.15, -0.1) is 0 Å². The number of nitriles is 1. The van der Waals surface area contributed by atoms with Crippen molar-refractivity contribution >= 4 is 0 Å². The highest BCUT2D eigenvalue weighted by Crippen LogP contribution is 2.23. The Hall–Kier alpha value is -1.57. The van der Waals surface area contributed by atoms with Crippen LogP contribution in [-0.2, 0) is 6.54 Å². The zero-order chi connectivity index (χ0) is 13.7. The first-order chi connectivity index (χ1) is 9.28. The van der Waals surface area contributed by atoms with Crippen LogP contribution in [0.2, 0.25) is 0 Å². The molecule has 102 valence electrons. The average Bonchev–Trinajstić information content (AvgIpc) is 2.86. The summed E-state index contributed by atoms with van der Waals surface area (Å²) in [7, 11) is 3.59. The molecule has 1 atom stereocenters. The van der Waals surface area contributed by atoms with Crippen LogP contribution >= 0.6 is 0 Å². The van der Waals surface area contributed by atoms with Crippen molar-refractivity contribution in [1.82, 2.24) is 10.2 Å². The van der Waals surface area contributed by atoms with Gasteiger partial charge in [-0.2, -0.15) is 5.26 Å². The van der Waals surface area contributed by atoms with Crippen molar-refractivity contribution in [3.63, 3.8) is 0 Å². The Morgan fingerprint density at radius 3 is 3.05 bits per heavy atom. The van der Waals surface area contributed by atoms with Crippen LogP contribution in [0.25, 0.3) is 0 Å². The molecule has 1 aliphatic heterocycles. The molecule has 19 heavy (non-hydrogen) atoms. The van der Waals surface area contributed by atoms with E-state index in [1.165, 1.54) is 18.4 Å². The zero-order valence-electron chi connectivity index (χ0n) is 11.6. The first-order valence-corrected chi connectivity index (χ1v) is 6.74. The van der Waals surface area contributed by atoms with E-state index in [0.29, 0.717) is 17.4 Å². The summed E-state index contributed by atoms with van der Waals surface area (Å²) in [6, 6.07) is 8.68. The van der Waals surface area contributed by atoms with Gasteiger partial charge in [0.05, 0.1) is 12.7 Å². The van der Waals surface area contributed by atoms with E-state index in [2.05, 4.69) is 22.4 Å². The number of likely N-dealkylation sites (tertiary alicyclic amines) is 1. The van der Waals surface area contributed by atoms with E-state index in [1.807, 2.05) is 19.2 Å². The molecule has 1 fully saturated rings. The standard InChI is InChI=1S/C15H21N3O/c1-17-10-14-4-3-7-18(14)11-12-5-6-15(19-2)13(8-12)9-16/h5-6,8,14,17H,3-4,7,10-11H2,1-2H3. The zero-order valence-corrected chi connectivity index (χ0v) is 11.6. The minimum Gasteiger partial charge on any atom is -0.495 e. The Bertz CT molecular complexity index is 467. The quantitative estimate of drug-likeness (QED) is 0.875. The Labute approximate surface area is 115 Å². The molecule has 1 aromatic carbocycles. The topological polar surface area (TPSA) is 48.3 Å². The van der Waals surface area contributed by atoms with Gasteiger partial charge in [-0.25, -0.2) is 0 Å². The monoisotopic (exact) mass is 259 g/mol. The van der Waals surface area contributed by atoms with Gasteiger partial charge in [-0.3, -0.25) is 4.90 Å². The van der Waals surface area contributed by atoms with Crippen molar-refractivity contribution < 1.29 is 4.74 Å². The molecule has 1 aromatic rings. The Balaban J connectivity index is 2.09. The molecule has 2 rings (SSSR count). The fraction of sp³-hybridized carbons (Fsp3) is 0.533. The van der Waals surface area contributed by atoms with Gasteiger partial charge < -0.3 is 10.1 Å². The van der Waals surface area contributed by atoms with Gasteiger partial charge in [0, 0.05) is 19.1 Å². The van der Waals surface area contributed by atoms with E-state index >= 15 is 0 Å². The molecule has 1 saturated heterocycles. The highest BCUT2D eigenvalue weighted by Gasteiger charge is 2.23. The van der Waals surface area contributed by atoms with Gasteiger partial charge >= 0.3 is 0 Å². The van der Waals surface area contributed by atoms with E-state index in [1.54, 1.807) is 7.11 Å². The van der Waals surface area contributed by atoms with Crippen molar-refractivity contribution in [3.8, 4) is 11.8 Å². The number of likely N-dealkylation sites (N-methyl/N-ethyl adjacent to an activating group) is 1. The van der Waals surface area contributed by atoms with Crippen LogP contribution < -0.4 is 10.1 Å². The maximum Gasteiger partial charge on any atom is 0.136 e. The molecule has 0 aliphatic carbocycles. The van der Waals surface area contributed by atoms with E-state index in [9.17, 15) is 0 Å². The fourth-order valence-corrected chi connectivity index (χ4v) is 2.75. The largest absolute Gasteiger partial charge is 0.495 e. The van der Waals surface area contributed by atoms with Crippen LogP contribution in [0.3, 0.4) is 0 Å². The summed E-state index contributed by atoms with van der Waals surface area (Å²) in [6.07, 6.45) is 2.51. The second-order valence-electron chi connectivity index (χ2n) is 4.97. The summed E-state index contributed by atoms with van der Waals surface area (Å²) in [5.41, 5.74) is 1.80. The smallest absolute Gasteiger partial charge is 0.136 e. The molecule has 0 aromatic heterocycles. The third-order valence-electron chi connectivity index (χ3n) is 3.71. The third kappa shape index (κ3) is 3.25. The molecule has 0 spiro atoms. The Morgan fingerprint density at radius 1 is 1.53 bits per heavy atom. The lowest BCUT2D eigenvalue weighted by Crippen LogP contribution is -2.36. The number of rotatable bonds is 5. The second-order valence-corrected chi connectivity index (χ2v) is 4.97. The van der Waals surface area contributed by atoms with E-state index < -0.39 is 0 Å². The number of nitrogens with zero attached hydrogens (tertiary/aromatic N) is 2. The van der Waals surface area contributed by atoms with Crippen LogP contribution in [-0.4, -0.2) is 38.2 Å². The minimum absolute atomic E-state index is 0.609. The molecule has 4 nitrogen and oxygen atoms in total. The van der Waals surface area contributed by atoms with Crippen LogP contribution in [0.15, 0.2) is 18.2 Å². The average molecular weight is 259 g/mol. The van der Waals surface area contributed by atoms with Crippen LogP contribution in [0.4, 0.5) is 0 Å². The van der Waals surface area contributed by atoms with Gasteiger partial charge in [0.15, 0.2) is 0 Å². The van der Waals surface area contributed by atoms with E-state index in [-0.39, 0.29) is 0 Å². The van der Waals surface area contributed by atoms with Gasteiger partial charge in [-0.1, -0.05) is 6.07 Å². The van der Waals surface area contributed by atoms with E-state index in [4.69, 9.17) is 10.00 Å². The second kappa shape index (κ2) is 6.55. The van der Waals surface area contributed by atoms with Crippen molar-refractivity contribution in [2.75, 3.05) is 27.2 Å². The molecule has 0 saturated carbocycles. The molecule has 1 heterocycles. The number of hydrogen-bond acceptors (Lipinski definition) is 4. The highest BCUT2D eigenvalue weighted by atomic mass is 16.5. The SMILES string of the molecule is CNCC1CCCN1Cc1ccc(OC)c(C#N)c1. The van der Waals surface area contributed by atoms with Crippen molar-refractivity contribution in [3.05, 3.63) is 29.3 Å². The van der Waals surface area contributed by atoms with Gasteiger partial charge in [0.1, 0.15) is 11.8 Å². The minimum atomic E-state index is 0.609. The predicted octanol–water partition coefficient (Wildman–Crippen LogP) is 1.75. The molecule has 0 amide bonds. The Morgan fingerprint density at radius 2 is 2.37 bits per heavy atom. The molecular formula is C15H21N3O. The molecule has 4 heteroatoms. The first-order valence-electron chi connectivity index (χ1n) is 6.74. The molecule has 1 N–H and O–H groups in total. The highest BCUT2D eigenvalue weighted by molar-refractivity contribution is 5.45. The summed E-state index contributed by atoms with van der Waals surface area (Å²) < 4.78 is 5.17. The fourth-order valence-electron chi connectivity index (χ4n) is 2.75. The normalized spacial score (nSPS) is 19.3. The molecular weight excluding hydrogens is 238 g/mol. The van der Waals surface area contributed by atoms with Crippen LogP contribution in [0.1, 0.15) is 24.0 Å². The molecule has 0 bridgehead atoms. The number of ether oxygens (including phenoxy) is 1. The number of hydrogen-bond donors (Lipinski definition) is 1. The lowest BCUT2D eigenvalue weighted by molar-refractivity contribution is 0.242. The maximum absolute atomic E-state index is 9.12. The molecule has 1 aliphatic rings. The predicted molar refractivity (Wildman–Crippen MR) is 75.1 cm³/mol. The van der Waals surface area contributed by atoms with E-state index in [0.717, 1.165) is 19.6 Å². The van der Waals surface area contributed by atoms with Crippen molar-refractivity contribution in [2.24, 2.45) is 0 Å². The van der Waals surface area contributed by atoms with Crippen LogP contribution in [0, 0.1) is 11.3 Å². The third-order valence-corrected chi connectivity index (χ3v) is 3.71. The Kier molecular flexibility index (Phi) is 4.78. The lowest BCUT2D eigenvalue weighted by atomic mass is 10.1. The summed E-state index contributed by atoms with van der Waals surface area (Å²) in [5.74, 6) is 0.652. The van der Waals surface area contributed by atoms with Gasteiger partial charge in [0.2, 0.25) is 0 Å². The number of benzene rings is 1. The van der Waals surface area contributed by atoms with Crippen molar-refractivity contribution in [2.45, 2.75) is 25.4 Å². The lowest BCUT2D eigenvalue weighted by Gasteiger charge is -2.24. The summed E-state index contributed by atoms with van der Waals surface area (Å²) in [6.45, 7) is 3.08. The van der Waals surface area contributed by atoms with Gasteiger partial charge in [-0.05, 0) is 44.1 Å². The van der Waals surface area contributed by atoms with Crippen LogP contribution in [0.5, 0.6) is 5.75 Å². The summed E-state index contributed by atoms with van der Waals surface area (Å²) >= 11 is 0. The summed E-state index contributed by atoms with van der Waals surface area (Å²) in [4.78, 5) is 2.49. The molecule has 0 radical (unpaired) electrons. The summed E-state index contributed by atoms with van der Waals surface area (Å²) in [5, 5.41) is 12.4. The van der Waals surface area contributed by atoms with Crippen molar-refractivity contribution in [1.29, 1.82) is 5.26 Å². The molecule has 1 unspecified atom stereocenters. The number of nitrogens with one attached hydrogen (secondary N) is 1. The first kappa shape index (κ1) is 13.9. The number of methoxy groups -OCH3 is 1.